The zero-order valence-corrected chi connectivity index (χ0v) is 13.3. The van der Waals surface area contributed by atoms with Crippen LogP contribution >= 0.6 is 0 Å². The third kappa shape index (κ3) is 2.59. The fourth-order valence-corrected chi connectivity index (χ4v) is 2.28. The van der Waals surface area contributed by atoms with Crippen LogP contribution in [-0.4, -0.2) is 35.7 Å². The van der Waals surface area contributed by atoms with Crippen LogP contribution in [-0.2, 0) is 14.3 Å². The Balaban J connectivity index is 3.42. The number of carbonyl (C=O) groups excluding carboxylic acids is 2. The van der Waals surface area contributed by atoms with E-state index >= 15 is 0 Å². The number of hydrogen-bond acceptors (Lipinski definition) is 4. The molecule has 0 fully saturated rings. The molecule has 5 heteroatoms. The van der Waals surface area contributed by atoms with E-state index in [1.807, 2.05) is 41.5 Å². The van der Waals surface area contributed by atoms with Crippen molar-refractivity contribution in [2.24, 2.45) is 10.8 Å². The molecule has 0 aliphatic carbocycles. The highest BCUT2D eigenvalue weighted by molar-refractivity contribution is 5.94. The Bertz CT molecular complexity index is 453. The Morgan fingerprint density at radius 2 is 1.80 bits per heavy atom. The van der Waals surface area contributed by atoms with Gasteiger partial charge in [-0.3, -0.25) is 4.79 Å². The van der Waals surface area contributed by atoms with E-state index < -0.39 is 34.4 Å². The minimum atomic E-state index is -1.45. The summed E-state index contributed by atoms with van der Waals surface area (Å²) in [7, 11) is 1.44. The molecule has 1 heterocycles. The van der Waals surface area contributed by atoms with Crippen molar-refractivity contribution >= 4 is 11.9 Å². The van der Waals surface area contributed by atoms with Crippen LogP contribution in [0.1, 0.15) is 41.5 Å². The molecule has 1 amide bonds. The monoisotopic (exact) mass is 283 g/mol. The lowest BCUT2D eigenvalue weighted by molar-refractivity contribution is -0.176. The fourth-order valence-electron chi connectivity index (χ4n) is 2.28. The zero-order chi connectivity index (χ0) is 15.9. The summed E-state index contributed by atoms with van der Waals surface area (Å²) in [6.07, 6.45) is 0.172. The summed E-state index contributed by atoms with van der Waals surface area (Å²) in [4.78, 5) is 24.0. The number of rotatable bonds is 2. The molecule has 0 spiro atoms. The Morgan fingerprint density at radius 1 is 1.30 bits per heavy atom. The standard InChI is InChI=1S/C15H25NO4/c1-13(2,3)9-8-15(14(4,5)6,20-12(9)19)10(17)11(18)16-7/h8,10,17H,1-7H3,(H,16,18). The molecule has 114 valence electrons. The summed E-state index contributed by atoms with van der Waals surface area (Å²) in [5.74, 6) is -1.05. The number of likely N-dealkylation sites (N-methyl/N-ethyl adjacent to an activating group) is 1. The molecule has 20 heavy (non-hydrogen) atoms. The van der Waals surface area contributed by atoms with Crippen molar-refractivity contribution in [1.29, 1.82) is 0 Å². The van der Waals surface area contributed by atoms with Crippen molar-refractivity contribution in [3.05, 3.63) is 11.6 Å². The van der Waals surface area contributed by atoms with Crippen molar-refractivity contribution in [3.8, 4) is 0 Å². The molecule has 0 saturated carbocycles. The Hall–Kier alpha value is -1.36. The van der Waals surface area contributed by atoms with Crippen LogP contribution in [0.5, 0.6) is 0 Å². The Kier molecular flexibility index (Phi) is 4.07. The van der Waals surface area contributed by atoms with E-state index in [2.05, 4.69) is 5.32 Å². The second-order valence-electron chi connectivity index (χ2n) is 7.26. The minimum absolute atomic E-state index is 0.410. The average Bonchev–Trinajstić information content (AvgIpc) is 2.65. The summed E-state index contributed by atoms with van der Waals surface area (Å²) in [6.45, 7) is 11.2. The van der Waals surface area contributed by atoms with Crippen molar-refractivity contribution in [3.63, 3.8) is 0 Å². The number of aliphatic hydroxyl groups is 1. The molecule has 0 aromatic rings. The molecule has 0 aromatic heterocycles. The predicted molar refractivity (Wildman–Crippen MR) is 75.9 cm³/mol. The van der Waals surface area contributed by atoms with E-state index in [-0.39, 0.29) is 0 Å². The number of cyclic esters (lactones) is 1. The highest BCUT2D eigenvalue weighted by atomic mass is 16.6. The van der Waals surface area contributed by atoms with E-state index in [0.29, 0.717) is 5.57 Å². The molecule has 0 radical (unpaired) electrons. The second kappa shape index (κ2) is 4.88. The summed E-state index contributed by atoms with van der Waals surface area (Å²) >= 11 is 0. The van der Waals surface area contributed by atoms with Gasteiger partial charge < -0.3 is 15.2 Å². The highest BCUT2D eigenvalue weighted by Gasteiger charge is 2.57. The maximum absolute atomic E-state index is 12.2. The number of carbonyl (C=O) groups is 2. The van der Waals surface area contributed by atoms with Crippen LogP contribution < -0.4 is 5.32 Å². The normalized spacial score (nSPS) is 25.0. The largest absolute Gasteiger partial charge is 0.447 e. The van der Waals surface area contributed by atoms with E-state index in [4.69, 9.17) is 4.74 Å². The SMILES string of the molecule is CNC(=O)C(O)C1(C(C)(C)C)C=C(C(C)(C)C)C(=O)O1. The summed E-state index contributed by atoms with van der Waals surface area (Å²) < 4.78 is 5.49. The lowest BCUT2D eigenvalue weighted by Gasteiger charge is -2.41. The van der Waals surface area contributed by atoms with E-state index in [9.17, 15) is 14.7 Å². The Labute approximate surface area is 120 Å². The van der Waals surface area contributed by atoms with Gasteiger partial charge in [-0.25, -0.2) is 4.79 Å². The molecule has 2 N–H and O–H groups in total. The van der Waals surface area contributed by atoms with Gasteiger partial charge in [0.25, 0.3) is 5.91 Å². The van der Waals surface area contributed by atoms with Crippen LogP contribution in [0.2, 0.25) is 0 Å². The third-order valence-electron chi connectivity index (χ3n) is 3.72. The van der Waals surface area contributed by atoms with Crippen LogP contribution in [0.15, 0.2) is 11.6 Å². The number of aliphatic hydroxyl groups excluding tert-OH is 1. The number of amides is 1. The van der Waals surface area contributed by atoms with Gasteiger partial charge in [0, 0.05) is 18.0 Å². The van der Waals surface area contributed by atoms with E-state index in [0.717, 1.165) is 0 Å². The smallest absolute Gasteiger partial charge is 0.335 e. The summed E-state index contributed by atoms with van der Waals surface area (Å²) in [5.41, 5.74) is -1.91. The van der Waals surface area contributed by atoms with Crippen LogP contribution in [0, 0.1) is 10.8 Å². The van der Waals surface area contributed by atoms with Crippen LogP contribution in [0.25, 0.3) is 0 Å². The van der Waals surface area contributed by atoms with Crippen molar-refractivity contribution in [1.82, 2.24) is 5.32 Å². The van der Waals surface area contributed by atoms with Crippen LogP contribution in [0.3, 0.4) is 0 Å². The number of ether oxygens (including phenoxy) is 1. The molecule has 1 rings (SSSR count). The Morgan fingerprint density at radius 3 is 2.10 bits per heavy atom. The van der Waals surface area contributed by atoms with Gasteiger partial charge in [-0.1, -0.05) is 41.5 Å². The van der Waals surface area contributed by atoms with Gasteiger partial charge in [0.05, 0.1) is 0 Å². The van der Waals surface area contributed by atoms with Gasteiger partial charge >= 0.3 is 5.97 Å². The van der Waals surface area contributed by atoms with E-state index in [1.165, 1.54) is 7.05 Å². The minimum Gasteiger partial charge on any atom is -0.447 e. The van der Waals surface area contributed by atoms with Gasteiger partial charge in [-0.15, -0.1) is 0 Å². The van der Waals surface area contributed by atoms with Crippen LogP contribution in [0.4, 0.5) is 0 Å². The lowest BCUT2D eigenvalue weighted by atomic mass is 9.71. The van der Waals surface area contributed by atoms with Crippen molar-refractivity contribution in [2.75, 3.05) is 7.05 Å². The molecule has 5 nitrogen and oxygen atoms in total. The molecular weight excluding hydrogens is 258 g/mol. The van der Waals surface area contributed by atoms with Gasteiger partial charge in [-0.05, 0) is 11.5 Å². The molecule has 2 unspecified atom stereocenters. The maximum atomic E-state index is 12.2. The lowest BCUT2D eigenvalue weighted by Crippen LogP contribution is -2.57. The van der Waals surface area contributed by atoms with Crippen molar-refractivity contribution < 1.29 is 19.4 Å². The molecule has 0 saturated heterocycles. The fraction of sp³-hybridized carbons (Fsp3) is 0.733. The maximum Gasteiger partial charge on any atom is 0.335 e. The molecule has 0 bridgehead atoms. The first-order valence-corrected chi connectivity index (χ1v) is 6.73. The molecule has 2 atom stereocenters. The number of esters is 1. The quantitative estimate of drug-likeness (QED) is 0.751. The summed E-state index contributed by atoms with van der Waals surface area (Å²) in [6, 6.07) is 0. The highest BCUT2D eigenvalue weighted by Crippen LogP contribution is 2.46. The number of nitrogens with one attached hydrogen (secondary N) is 1. The van der Waals surface area contributed by atoms with Gasteiger partial charge in [0.15, 0.2) is 11.7 Å². The molecule has 1 aliphatic heterocycles. The zero-order valence-electron chi connectivity index (χ0n) is 13.3. The summed E-state index contributed by atoms with van der Waals surface area (Å²) in [5, 5.41) is 12.8. The first-order valence-electron chi connectivity index (χ1n) is 6.73. The van der Waals surface area contributed by atoms with E-state index in [1.54, 1.807) is 6.08 Å². The molecular formula is C15H25NO4. The first kappa shape index (κ1) is 16.7. The van der Waals surface area contributed by atoms with Gasteiger partial charge in [0.2, 0.25) is 0 Å². The third-order valence-corrected chi connectivity index (χ3v) is 3.72. The second-order valence-corrected chi connectivity index (χ2v) is 7.26. The van der Waals surface area contributed by atoms with Gasteiger partial charge in [-0.2, -0.15) is 0 Å². The molecule has 0 aromatic carbocycles. The first-order chi connectivity index (χ1) is 8.87. The average molecular weight is 283 g/mol. The topological polar surface area (TPSA) is 75.6 Å². The molecule has 1 aliphatic rings. The van der Waals surface area contributed by atoms with Gasteiger partial charge in [0.1, 0.15) is 0 Å². The predicted octanol–water partition coefficient (Wildman–Crippen LogP) is 1.41. The van der Waals surface area contributed by atoms with Crippen molar-refractivity contribution in [2.45, 2.75) is 53.2 Å². The number of hydrogen-bond donors (Lipinski definition) is 2.